The number of benzene rings is 1. The molecule has 0 aliphatic carbocycles. The third-order valence-electron chi connectivity index (χ3n) is 2.23. The Bertz CT molecular complexity index is 427. The van der Waals surface area contributed by atoms with Gasteiger partial charge in [-0.3, -0.25) is 4.68 Å². The topological polar surface area (TPSA) is 63.0 Å². The van der Waals surface area contributed by atoms with Crippen LogP contribution in [0.25, 0.3) is 0 Å². The van der Waals surface area contributed by atoms with Gasteiger partial charge >= 0.3 is 0 Å². The third kappa shape index (κ3) is 3.06. The molecule has 1 aromatic heterocycles. The van der Waals surface area contributed by atoms with Crippen LogP contribution in [0.2, 0.25) is 0 Å². The molecule has 1 aromatic carbocycles. The van der Waals surface area contributed by atoms with E-state index in [2.05, 4.69) is 15.6 Å². The van der Waals surface area contributed by atoms with Crippen LogP contribution in [-0.4, -0.2) is 26.6 Å². The summed E-state index contributed by atoms with van der Waals surface area (Å²) < 4.78 is 1.77. The van der Waals surface area contributed by atoms with Gasteiger partial charge in [0.2, 0.25) is 0 Å². The molecule has 5 nitrogen and oxygen atoms in total. The second kappa shape index (κ2) is 5.27. The quantitative estimate of drug-likeness (QED) is 0.728. The smallest absolute Gasteiger partial charge is 0.115 e. The molecule has 84 valence electrons. The van der Waals surface area contributed by atoms with Crippen LogP contribution in [0.4, 0.5) is 0 Å². The van der Waals surface area contributed by atoms with Gasteiger partial charge in [-0.15, -0.1) is 5.10 Å². The maximum atomic E-state index is 9.27. The molecular formula is C11H14N4O. The lowest BCUT2D eigenvalue weighted by atomic mass is 10.2. The Hall–Kier alpha value is -1.88. The summed E-state index contributed by atoms with van der Waals surface area (Å²) in [6.45, 7) is 2.35. The first-order chi connectivity index (χ1) is 7.84. The third-order valence-corrected chi connectivity index (χ3v) is 2.23. The Morgan fingerprint density at radius 1 is 1.38 bits per heavy atom. The first-order valence-electron chi connectivity index (χ1n) is 5.17. The average Bonchev–Trinajstić information content (AvgIpc) is 2.77. The van der Waals surface area contributed by atoms with E-state index in [0.29, 0.717) is 5.75 Å². The number of rotatable bonds is 5. The second-order valence-electron chi connectivity index (χ2n) is 3.51. The SMILES string of the molecule is Oc1cccc(CNCCn2ccnn2)c1. The van der Waals surface area contributed by atoms with Crippen molar-refractivity contribution in [3.05, 3.63) is 42.2 Å². The first-order valence-corrected chi connectivity index (χ1v) is 5.17. The van der Waals surface area contributed by atoms with Crippen LogP contribution < -0.4 is 5.32 Å². The Kier molecular flexibility index (Phi) is 3.50. The average molecular weight is 218 g/mol. The molecule has 2 rings (SSSR count). The Labute approximate surface area is 93.7 Å². The second-order valence-corrected chi connectivity index (χ2v) is 3.51. The van der Waals surface area contributed by atoms with Gasteiger partial charge in [0.25, 0.3) is 0 Å². The van der Waals surface area contributed by atoms with E-state index >= 15 is 0 Å². The molecule has 0 fully saturated rings. The molecule has 0 atom stereocenters. The Morgan fingerprint density at radius 2 is 2.31 bits per heavy atom. The fourth-order valence-electron chi connectivity index (χ4n) is 1.44. The van der Waals surface area contributed by atoms with Gasteiger partial charge in [-0.05, 0) is 17.7 Å². The van der Waals surface area contributed by atoms with Crippen LogP contribution in [0, 0.1) is 0 Å². The zero-order valence-electron chi connectivity index (χ0n) is 8.87. The summed E-state index contributed by atoms with van der Waals surface area (Å²) in [7, 11) is 0. The van der Waals surface area contributed by atoms with Crippen LogP contribution in [0.1, 0.15) is 5.56 Å². The van der Waals surface area contributed by atoms with E-state index in [1.807, 2.05) is 18.3 Å². The standard InChI is InChI=1S/C11H14N4O/c16-11-3-1-2-10(8-11)9-12-4-6-15-7-5-13-14-15/h1-3,5,7-8,12,16H,4,6,9H2. The number of nitrogens with zero attached hydrogens (tertiary/aromatic N) is 3. The summed E-state index contributed by atoms with van der Waals surface area (Å²) in [5.41, 5.74) is 1.07. The van der Waals surface area contributed by atoms with Gasteiger partial charge in [-0.1, -0.05) is 17.3 Å². The fourth-order valence-corrected chi connectivity index (χ4v) is 1.44. The number of phenols is 1. The lowest BCUT2D eigenvalue weighted by molar-refractivity contribution is 0.473. The van der Waals surface area contributed by atoms with Crippen molar-refractivity contribution in [2.45, 2.75) is 13.1 Å². The highest BCUT2D eigenvalue weighted by atomic mass is 16.3. The number of hydrogen-bond donors (Lipinski definition) is 2. The number of nitrogens with one attached hydrogen (secondary N) is 1. The summed E-state index contributed by atoms with van der Waals surface area (Å²) >= 11 is 0. The largest absolute Gasteiger partial charge is 0.508 e. The van der Waals surface area contributed by atoms with Gasteiger partial charge in [0, 0.05) is 19.3 Å². The van der Waals surface area contributed by atoms with Gasteiger partial charge in [-0.2, -0.15) is 0 Å². The molecule has 0 aliphatic rings. The minimum Gasteiger partial charge on any atom is -0.508 e. The molecule has 0 aliphatic heterocycles. The van der Waals surface area contributed by atoms with Gasteiger partial charge in [0.1, 0.15) is 5.75 Å². The molecule has 2 aromatic rings. The summed E-state index contributed by atoms with van der Waals surface area (Å²) in [6, 6.07) is 7.23. The summed E-state index contributed by atoms with van der Waals surface area (Å²) in [4.78, 5) is 0. The molecule has 2 N–H and O–H groups in total. The van der Waals surface area contributed by atoms with Gasteiger partial charge in [0.15, 0.2) is 0 Å². The predicted octanol–water partition coefficient (Wildman–Crippen LogP) is 0.773. The van der Waals surface area contributed by atoms with E-state index in [-0.39, 0.29) is 0 Å². The molecule has 1 heterocycles. The van der Waals surface area contributed by atoms with Crippen LogP contribution >= 0.6 is 0 Å². The minimum atomic E-state index is 0.301. The van der Waals surface area contributed by atoms with Crippen molar-refractivity contribution in [3.63, 3.8) is 0 Å². The summed E-state index contributed by atoms with van der Waals surface area (Å²) in [5, 5.41) is 20.1. The maximum absolute atomic E-state index is 9.27. The summed E-state index contributed by atoms with van der Waals surface area (Å²) in [5.74, 6) is 0.301. The highest BCUT2D eigenvalue weighted by Crippen LogP contribution is 2.10. The molecule has 0 saturated heterocycles. The van der Waals surface area contributed by atoms with E-state index in [0.717, 1.165) is 25.2 Å². The van der Waals surface area contributed by atoms with Crippen molar-refractivity contribution in [2.24, 2.45) is 0 Å². The van der Waals surface area contributed by atoms with Crippen molar-refractivity contribution in [1.82, 2.24) is 20.3 Å². The monoisotopic (exact) mass is 218 g/mol. The molecular weight excluding hydrogens is 204 g/mol. The van der Waals surface area contributed by atoms with Crippen molar-refractivity contribution < 1.29 is 5.11 Å². The van der Waals surface area contributed by atoms with Crippen LogP contribution in [0.15, 0.2) is 36.7 Å². The van der Waals surface area contributed by atoms with Gasteiger partial charge < -0.3 is 10.4 Å². The van der Waals surface area contributed by atoms with Crippen LogP contribution in [0.5, 0.6) is 5.75 Å². The van der Waals surface area contributed by atoms with Crippen molar-refractivity contribution >= 4 is 0 Å². The van der Waals surface area contributed by atoms with E-state index in [4.69, 9.17) is 0 Å². The highest BCUT2D eigenvalue weighted by Gasteiger charge is 1.95. The molecule has 0 spiro atoms. The van der Waals surface area contributed by atoms with Crippen molar-refractivity contribution in [1.29, 1.82) is 0 Å². The summed E-state index contributed by atoms with van der Waals surface area (Å²) in [6.07, 6.45) is 3.49. The molecule has 0 radical (unpaired) electrons. The number of aromatic hydroxyl groups is 1. The van der Waals surface area contributed by atoms with E-state index in [1.165, 1.54) is 0 Å². The molecule has 16 heavy (non-hydrogen) atoms. The minimum absolute atomic E-state index is 0.301. The number of phenolic OH excluding ortho intramolecular Hbond substituents is 1. The lowest BCUT2D eigenvalue weighted by Gasteiger charge is -2.05. The van der Waals surface area contributed by atoms with Gasteiger partial charge in [0.05, 0.1) is 12.7 Å². The predicted molar refractivity (Wildman–Crippen MR) is 59.8 cm³/mol. The lowest BCUT2D eigenvalue weighted by Crippen LogP contribution is -2.19. The Balaban J connectivity index is 1.72. The normalized spacial score (nSPS) is 10.5. The highest BCUT2D eigenvalue weighted by molar-refractivity contribution is 5.26. The maximum Gasteiger partial charge on any atom is 0.115 e. The van der Waals surface area contributed by atoms with Crippen molar-refractivity contribution in [3.8, 4) is 5.75 Å². The first kappa shape index (κ1) is 10.6. The number of aromatic nitrogens is 3. The van der Waals surface area contributed by atoms with Crippen LogP contribution in [0.3, 0.4) is 0 Å². The number of hydrogen-bond acceptors (Lipinski definition) is 4. The van der Waals surface area contributed by atoms with E-state index in [9.17, 15) is 5.11 Å². The molecule has 0 saturated carbocycles. The zero-order chi connectivity index (χ0) is 11.2. The van der Waals surface area contributed by atoms with Crippen molar-refractivity contribution in [2.75, 3.05) is 6.54 Å². The Morgan fingerprint density at radius 3 is 3.06 bits per heavy atom. The van der Waals surface area contributed by atoms with E-state index in [1.54, 1.807) is 23.0 Å². The van der Waals surface area contributed by atoms with E-state index < -0.39 is 0 Å². The fraction of sp³-hybridized carbons (Fsp3) is 0.273. The molecule has 5 heteroatoms. The zero-order valence-corrected chi connectivity index (χ0v) is 8.87. The molecule has 0 unspecified atom stereocenters. The molecule has 0 amide bonds. The molecule has 0 bridgehead atoms. The van der Waals surface area contributed by atoms with Gasteiger partial charge in [-0.25, -0.2) is 0 Å². The van der Waals surface area contributed by atoms with Crippen LogP contribution in [-0.2, 0) is 13.1 Å².